The molecule has 1 aromatic carbocycles. The number of rotatable bonds is 7. The second-order valence-corrected chi connectivity index (χ2v) is 10.7. The number of benzene rings is 1. The summed E-state index contributed by atoms with van der Waals surface area (Å²) in [4.78, 5) is 11.2. The van der Waals surface area contributed by atoms with Gasteiger partial charge in [0.1, 0.15) is 17.7 Å². The molecule has 3 N–H and O–H groups in total. The van der Waals surface area contributed by atoms with Crippen molar-refractivity contribution in [1.82, 2.24) is 14.3 Å². The minimum absolute atomic E-state index is 0.150. The summed E-state index contributed by atoms with van der Waals surface area (Å²) in [6.07, 6.45) is 7.47. The van der Waals surface area contributed by atoms with Gasteiger partial charge in [0, 0.05) is 72.6 Å². The number of hydrogen-bond donors (Lipinski definition) is 2. The molecule has 0 aliphatic carbocycles. The van der Waals surface area contributed by atoms with Crippen molar-refractivity contribution in [1.29, 1.82) is 5.41 Å². The highest BCUT2D eigenvalue weighted by atomic mass is 32.2. The molecule has 2 aliphatic rings. The second-order valence-electron chi connectivity index (χ2n) is 9.81. The van der Waals surface area contributed by atoms with Gasteiger partial charge in [0.05, 0.1) is 5.71 Å². The van der Waals surface area contributed by atoms with E-state index in [9.17, 15) is 0 Å². The zero-order chi connectivity index (χ0) is 24.7. The molecule has 182 valence electrons. The molecule has 35 heavy (non-hydrogen) atoms. The molecule has 0 amide bonds. The molecule has 5 rings (SSSR count). The first-order chi connectivity index (χ1) is 16.8. The molecule has 0 radical (unpaired) electrons. The van der Waals surface area contributed by atoms with Gasteiger partial charge in [0.15, 0.2) is 0 Å². The molecule has 0 saturated carbocycles. The predicted molar refractivity (Wildman–Crippen MR) is 144 cm³/mol. The van der Waals surface area contributed by atoms with Crippen LogP contribution in [0.1, 0.15) is 40.8 Å². The van der Waals surface area contributed by atoms with Gasteiger partial charge in [-0.2, -0.15) is 0 Å². The Hall–Kier alpha value is -3.10. The third kappa shape index (κ3) is 4.48. The van der Waals surface area contributed by atoms with Gasteiger partial charge in [0.2, 0.25) is 0 Å². The molecule has 1 spiro atoms. The van der Waals surface area contributed by atoms with E-state index in [1.54, 1.807) is 12.3 Å². The Morgan fingerprint density at radius 2 is 1.80 bits per heavy atom. The quantitative estimate of drug-likeness (QED) is 0.285. The van der Waals surface area contributed by atoms with Crippen molar-refractivity contribution in [2.75, 3.05) is 43.1 Å². The number of ether oxygens (including phenoxy) is 1. The third-order valence-corrected chi connectivity index (χ3v) is 7.87. The van der Waals surface area contributed by atoms with E-state index < -0.39 is 0 Å². The van der Waals surface area contributed by atoms with Gasteiger partial charge in [-0.25, -0.2) is 9.29 Å². The van der Waals surface area contributed by atoms with Gasteiger partial charge in [-0.3, -0.25) is 10.4 Å². The van der Waals surface area contributed by atoms with Crippen molar-refractivity contribution in [3.63, 3.8) is 0 Å². The van der Waals surface area contributed by atoms with Crippen LogP contribution in [0, 0.1) is 24.7 Å². The number of aromatic nitrogens is 2. The largest absolute Gasteiger partial charge is 0.486 e. The first-order valence-electron chi connectivity index (χ1n) is 11.9. The van der Waals surface area contributed by atoms with Crippen molar-refractivity contribution < 1.29 is 4.74 Å². The monoisotopic (exact) mass is 488 g/mol. The van der Waals surface area contributed by atoms with Crippen LogP contribution in [-0.2, 0) is 0 Å². The van der Waals surface area contributed by atoms with Crippen LogP contribution in [0.2, 0.25) is 0 Å². The third-order valence-electron chi connectivity index (χ3n) is 7.09. The smallest absolute Gasteiger partial charge is 0.128 e. The van der Waals surface area contributed by atoms with E-state index in [0.29, 0.717) is 28.1 Å². The number of nitrogens with two attached hydrogens (primary N) is 1. The molecular weight excluding hydrogens is 456 g/mol. The summed E-state index contributed by atoms with van der Waals surface area (Å²) in [6.45, 7) is 10.5. The van der Waals surface area contributed by atoms with Crippen LogP contribution in [0.25, 0.3) is 0 Å². The van der Waals surface area contributed by atoms with E-state index in [0.717, 1.165) is 54.3 Å². The molecule has 4 heterocycles. The number of aryl methyl sites for hydroxylation is 2. The average molecular weight is 489 g/mol. The average Bonchev–Trinajstić information content (AvgIpc) is 2.78. The Kier molecular flexibility index (Phi) is 6.19. The van der Waals surface area contributed by atoms with Crippen LogP contribution in [0.4, 0.5) is 11.5 Å². The van der Waals surface area contributed by atoms with Crippen molar-refractivity contribution in [3.8, 4) is 5.75 Å². The van der Waals surface area contributed by atoms with Gasteiger partial charge in [-0.05, 0) is 68.5 Å². The fourth-order valence-corrected chi connectivity index (χ4v) is 6.08. The van der Waals surface area contributed by atoms with Crippen LogP contribution in [0.15, 0.2) is 48.9 Å². The lowest BCUT2D eigenvalue weighted by molar-refractivity contribution is 0.0474. The minimum atomic E-state index is -0.150. The summed E-state index contributed by atoms with van der Waals surface area (Å²) in [5, 5.41) is 8.80. The predicted octanol–water partition coefficient (Wildman–Crippen LogP) is 4.63. The maximum absolute atomic E-state index is 8.80. The Morgan fingerprint density at radius 1 is 1.09 bits per heavy atom. The summed E-state index contributed by atoms with van der Waals surface area (Å²) >= 11 is 1.82. The summed E-state index contributed by atoms with van der Waals surface area (Å²) in [7, 11) is 0. The molecule has 2 aromatic heterocycles. The Bertz CT molecular complexity index is 1230. The van der Waals surface area contributed by atoms with Crippen LogP contribution in [0.3, 0.4) is 0 Å². The van der Waals surface area contributed by atoms with Crippen LogP contribution < -0.4 is 15.4 Å². The zero-order valence-electron chi connectivity index (χ0n) is 20.7. The minimum Gasteiger partial charge on any atom is -0.486 e. The maximum atomic E-state index is 8.80. The van der Waals surface area contributed by atoms with Crippen molar-refractivity contribution in [2.24, 2.45) is 5.41 Å². The fraction of sp³-hybridized carbons (Fsp3) is 0.370. The molecule has 2 saturated heterocycles. The van der Waals surface area contributed by atoms with Crippen molar-refractivity contribution in [3.05, 3.63) is 76.7 Å². The number of anilines is 2. The lowest BCUT2D eigenvalue weighted by atomic mass is 9.74. The van der Waals surface area contributed by atoms with E-state index >= 15 is 0 Å². The molecule has 0 bridgehead atoms. The van der Waals surface area contributed by atoms with Crippen molar-refractivity contribution >= 4 is 29.2 Å². The van der Waals surface area contributed by atoms with Crippen LogP contribution in [-0.4, -0.2) is 52.4 Å². The van der Waals surface area contributed by atoms with Gasteiger partial charge in [-0.15, -0.1) is 0 Å². The van der Waals surface area contributed by atoms with Crippen molar-refractivity contribution in [2.45, 2.75) is 26.9 Å². The standard InChI is InChI=1S/C27H32N6OS/c1-17-10-30-11-18(2)25(17)19(3)34-21-6-7-23(28)22(9-21)26(29)20-5-8-24(31-12-20)32-13-27(14-32)15-33(16-27)35-4/h5-12,19,29H,13-16,28H2,1-4H3. The molecule has 1 atom stereocenters. The van der Waals surface area contributed by atoms with Crippen LogP contribution in [0.5, 0.6) is 5.75 Å². The Labute approximate surface area is 211 Å². The highest BCUT2D eigenvalue weighted by Crippen LogP contribution is 2.43. The zero-order valence-corrected chi connectivity index (χ0v) is 21.5. The van der Waals surface area contributed by atoms with Gasteiger partial charge in [-0.1, -0.05) is 11.9 Å². The maximum Gasteiger partial charge on any atom is 0.128 e. The molecule has 1 unspecified atom stereocenters. The molecule has 2 aliphatic heterocycles. The normalized spacial score (nSPS) is 17.5. The SMILES string of the molecule is CSN1CC2(C1)CN(c1ccc(C(=N)c3cc(OC(C)c4c(C)cncc4C)ccc3N)cn1)C2. The highest BCUT2D eigenvalue weighted by molar-refractivity contribution is 7.96. The molecule has 2 fully saturated rings. The van der Waals surface area contributed by atoms with Gasteiger partial charge in [0.25, 0.3) is 0 Å². The summed E-state index contributed by atoms with van der Waals surface area (Å²) < 4.78 is 8.66. The van der Waals surface area contributed by atoms with E-state index in [2.05, 4.69) is 25.4 Å². The molecular formula is C27H32N6OS. The topological polar surface area (TPSA) is 91.4 Å². The van der Waals surface area contributed by atoms with E-state index in [-0.39, 0.29) is 6.10 Å². The number of nitrogen functional groups attached to an aromatic ring is 1. The lowest BCUT2D eigenvalue weighted by Crippen LogP contribution is -2.70. The van der Waals surface area contributed by atoms with E-state index in [1.807, 2.05) is 69.4 Å². The molecule has 8 heteroatoms. The molecule has 3 aromatic rings. The van der Waals surface area contributed by atoms with Gasteiger partial charge < -0.3 is 15.4 Å². The van der Waals surface area contributed by atoms with E-state index in [1.165, 1.54) is 0 Å². The highest BCUT2D eigenvalue weighted by Gasteiger charge is 2.51. The second kappa shape index (κ2) is 9.17. The Morgan fingerprint density at radius 3 is 2.43 bits per heavy atom. The number of pyridine rings is 2. The Balaban J connectivity index is 1.28. The number of nitrogens with one attached hydrogen (secondary N) is 1. The summed E-state index contributed by atoms with van der Waals surface area (Å²) in [5.74, 6) is 1.65. The van der Waals surface area contributed by atoms with Gasteiger partial charge >= 0.3 is 0 Å². The van der Waals surface area contributed by atoms with Crippen LogP contribution >= 0.6 is 11.9 Å². The lowest BCUT2D eigenvalue weighted by Gasteiger charge is -2.60. The number of nitrogens with zero attached hydrogens (tertiary/aromatic N) is 4. The summed E-state index contributed by atoms with van der Waals surface area (Å²) in [5.41, 5.74) is 12.3. The molecule has 7 nitrogen and oxygen atoms in total. The van der Waals surface area contributed by atoms with E-state index in [4.69, 9.17) is 15.9 Å². The fourth-order valence-electron chi connectivity index (χ4n) is 5.27. The summed E-state index contributed by atoms with van der Waals surface area (Å²) in [6, 6.07) is 9.48. The first kappa shape index (κ1) is 23.6. The first-order valence-corrected chi connectivity index (χ1v) is 13.0. The number of hydrogen-bond acceptors (Lipinski definition) is 8.